The fraction of sp³-hybridized carbons (Fsp3) is 0.294. The van der Waals surface area contributed by atoms with Gasteiger partial charge in [0.25, 0.3) is 0 Å². The van der Waals surface area contributed by atoms with Crippen LogP contribution in [-0.2, 0) is 25.7 Å². The molecule has 0 saturated heterocycles. The molecule has 0 bridgehead atoms. The molecule has 174 valence electrons. The van der Waals surface area contributed by atoms with Gasteiger partial charge in [0.05, 0.1) is 0 Å². The van der Waals surface area contributed by atoms with Crippen molar-refractivity contribution in [2.24, 2.45) is 0 Å². The van der Waals surface area contributed by atoms with Gasteiger partial charge in [0, 0.05) is 11.8 Å². The van der Waals surface area contributed by atoms with Crippen LogP contribution in [0.1, 0.15) is 84.0 Å². The average Bonchev–Trinajstić information content (AvgIpc) is 2.92. The molecule has 34 heavy (non-hydrogen) atoms. The molecular formula is C34H38. The molecule has 0 saturated carbocycles. The molecule has 0 aliphatic carbocycles. The van der Waals surface area contributed by atoms with Crippen LogP contribution >= 0.6 is 0 Å². The fourth-order valence-corrected chi connectivity index (χ4v) is 5.00. The predicted molar refractivity (Wildman–Crippen MR) is 147 cm³/mol. The first-order chi connectivity index (χ1) is 16.7. The zero-order valence-electron chi connectivity index (χ0n) is 21.2. The van der Waals surface area contributed by atoms with Crippen LogP contribution in [0.5, 0.6) is 0 Å². The molecule has 0 N–H and O–H groups in total. The Hall–Kier alpha value is -3.12. The summed E-state index contributed by atoms with van der Waals surface area (Å²) >= 11 is 0. The third kappa shape index (κ3) is 5.33. The Morgan fingerprint density at radius 3 is 0.647 bits per heavy atom. The Balaban J connectivity index is 1.90. The first-order valence-corrected chi connectivity index (χ1v) is 13.0. The van der Waals surface area contributed by atoms with E-state index >= 15 is 0 Å². The third-order valence-electron chi connectivity index (χ3n) is 7.32. The molecule has 0 aromatic heterocycles. The third-order valence-corrected chi connectivity index (χ3v) is 7.32. The Morgan fingerprint density at radius 1 is 0.324 bits per heavy atom. The maximum atomic E-state index is 2.35. The highest BCUT2D eigenvalue weighted by molar-refractivity contribution is 5.46. The molecule has 4 rings (SSSR count). The fourth-order valence-electron chi connectivity index (χ4n) is 5.00. The van der Waals surface area contributed by atoms with Crippen molar-refractivity contribution >= 4 is 0 Å². The summed E-state index contributed by atoms with van der Waals surface area (Å²) in [5.74, 6) is 0.494. The first kappa shape index (κ1) is 24.0. The lowest BCUT2D eigenvalue weighted by Gasteiger charge is -2.30. The minimum absolute atomic E-state index is 0.247. The number of hydrogen-bond acceptors (Lipinski definition) is 0. The summed E-state index contributed by atoms with van der Waals surface area (Å²) in [5.41, 5.74) is 11.1. The number of aryl methyl sites for hydroxylation is 4. The van der Waals surface area contributed by atoms with Crippen molar-refractivity contribution in [1.82, 2.24) is 0 Å². The summed E-state index contributed by atoms with van der Waals surface area (Å²) in [7, 11) is 0. The molecule has 0 aliphatic heterocycles. The molecule has 0 heteroatoms. The lowest BCUT2D eigenvalue weighted by Crippen LogP contribution is -2.15. The molecule has 0 nitrogen and oxygen atoms in total. The molecule has 0 atom stereocenters. The van der Waals surface area contributed by atoms with Gasteiger partial charge in [-0.25, -0.2) is 0 Å². The molecule has 0 unspecified atom stereocenters. The smallest absolute Gasteiger partial charge is 0.0199 e. The van der Waals surface area contributed by atoms with E-state index in [1.807, 2.05) is 0 Å². The highest BCUT2D eigenvalue weighted by Crippen LogP contribution is 2.43. The van der Waals surface area contributed by atoms with Crippen LogP contribution in [-0.4, -0.2) is 0 Å². The van der Waals surface area contributed by atoms with E-state index in [4.69, 9.17) is 0 Å². The molecule has 0 radical (unpaired) electrons. The van der Waals surface area contributed by atoms with E-state index in [0.29, 0.717) is 0 Å². The minimum atomic E-state index is 0.247. The SMILES string of the molecule is CCc1ccc(C(c2ccc(CC)cc2)C(c2ccc(CC)cc2)c2ccc(CC)cc2)cc1. The molecular weight excluding hydrogens is 408 g/mol. The Kier molecular flexibility index (Phi) is 8.01. The quantitative estimate of drug-likeness (QED) is 0.241. The van der Waals surface area contributed by atoms with Gasteiger partial charge in [-0.2, -0.15) is 0 Å². The van der Waals surface area contributed by atoms with Crippen LogP contribution in [0.2, 0.25) is 0 Å². The van der Waals surface area contributed by atoms with E-state index in [0.717, 1.165) is 25.7 Å². The molecule has 0 amide bonds. The van der Waals surface area contributed by atoms with Crippen molar-refractivity contribution in [3.05, 3.63) is 142 Å². The summed E-state index contributed by atoms with van der Waals surface area (Å²) in [6.45, 7) is 8.90. The van der Waals surface area contributed by atoms with Crippen LogP contribution in [0, 0.1) is 0 Å². The van der Waals surface area contributed by atoms with Crippen LogP contribution < -0.4 is 0 Å². The van der Waals surface area contributed by atoms with Gasteiger partial charge in [-0.05, 0) is 70.2 Å². The van der Waals surface area contributed by atoms with Gasteiger partial charge in [0.15, 0.2) is 0 Å². The van der Waals surface area contributed by atoms with Crippen molar-refractivity contribution < 1.29 is 0 Å². The predicted octanol–water partition coefficient (Wildman–Crippen LogP) is 8.90. The van der Waals surface area contributed by atoms with Crippen molar-refractivity contribution in [2.45, 2.75) is 65.2 Å². The summed E-state index contributed by atoms with van der Waals surface area (Å²) in [6, 6.07) is 37.3. The molecule has 4 aromatic rings. The first-order valence-electron chi connectivity index (χ1n) is 13.0. The second-order valence-electron chi connectivity index (χ2n) is 9.34. The topological polar surface area (TPSA) is 0 Å². The van der Waals surface area contributed by atoms with Gasteiger partial charge in [-0.15, -0.1) is 0 Å². The van der Waals surface area contributed by atoms with Gasteiger partial charge in [-0.1, -0.05) is 125 Å². The number of rotatable bonds is 9. The number of benzene rings is 4. The normalized spacial score (nSPS) is 11.4. The van der Waals surface area contributed by atoms with Gasteiger partial charge in [0.2, 0.25) is 0 Å². The minimum Gasteiger partial charge on any atom is -0.0613 e. The molecule has 0 heterocycles. The second-order valence-corrected chi connectivity index (χ2v) is 9.34. The Bertz CT molecular complexity index is 955. The standard InChI is InChI=1S/C34H38/c1-5-25-9-17-29(18-10-25)33(30-19-11-26(6-2)12-20-30)34(31-21-13-27(7-3)14-22-31)32-23-15-28(8-4)16-24-32/h9-24,33-34H,5-8H2,1-4H3. The van der Waals surface area contributed by atoms with Crippen molar-refractivity contribution in [1.29, 1.82) is 0 Å². The Labute approximate surface area is 206 Å². The van der Waals surface area contributed by atoms with E-state index in [2.05, 4.69) is 125 Å². The summed E-state index contributed by atoms with van der Waals surface area (Å²) in [6.07, 6.45) is 4.26. The van der Waals surface area contributed by atoms with Crippen molar-refractivity contribution in [2.75, 3.05) is 0 Å². The molecule has 4 aromatic carbocycles. The van der Waals surface area contributed by atoms with Gasteiger partial charge in [-0.3, -0.25) is 0 Å². The zero-order valence-corrected chi connectivity index (χ0v) is 21.2. The molecule has 0 fully saturated rings. The Morgan fingerprint density at radius 2 is 0.500 bits per heavy atom. The van der Waals surface area contributed by atoms with Gasteiger partial charge >= 0.3 is 0 Å². The highest BCUT2D eigenvalue weighted by Gasteiger charge is 2.28. The summed E-state index contributed by atoms with van der Waals surface area (Å²) < 4.78 is 0. The van der Waals surface area contributed by atoms with Crippen molar-refractivity contribution in [3.8, 4) is 0 Å². The largest absolute Gasteiger partial charge is 0.0613 e. The maximum absolute atomic E-state index is 2.35. The molecule has 0 spiro atoms. The van der Waals surface area contributed by atoms with Crippen molar-refractivity contribution in [3.63, 3.8) is 0 Å². The number of hydrogen-bond donors (Lipinski definition) is 0. The lowest BCUT2D eigenvalue weighted by molar-refractivity contribution is 0.692. The van der Waals surface area contributed by atoms with Crippen LogP contribution in [0.15, 0.2) is 97.1 Å². The van der Waals surface area contributed by atoms with Gasteiger partial charge in [0.1, 0.15) is 0 Å². The lowest BCUT2D eigenvalue weighted by atomic mass is 9.73. The van der Waals surface area contributed by atoms with E-state index in [9.17, 15) is 0 Å². The van der Waals surface area contributed by atoms with E-state index in [-0.39, 0.29) is 11.8 Å². The van der Waals surface area contributed by atoms with Gasteiger partial charge < -0.3 is 0 Å². The second kappa shape index (κ2) is 11.3. The molecule has 0 aliphatic rings. The summed E-state index contributed by atoms with van der Waals surface area (Å²) in [5, 5.41) is 0. The van der Waals surface area contributed by atoms with Crippen LogP contribution in [0.4, 0.5) is 0 Å². The maximum Gasteiger partial charge on any atom is 0.0199 e. The van der Waals surface area contributed by atoms with E-state index in [1.165, 1.54) is 44.5 Å². The highest BCUT2D eigenvalue weighted by atomic mass is 14.3. The van der Waals surface area contributed by atoms with Crippen LogP contribution in [0.3, 0.4) is 0 Å². The van der Waals surface area contributed by atoms with Crippen LogP contribution in [0.25, 0.3) is 0 Å². The van der Waals surface area contributed by atoms with E-state index in [1.54, 1.807) is 0 Å². The van der Waals surface area contributed by atoms with E-state index < -0.39 is 0 Å². The zero-order chi connectivity index (χ0) is 23.9. The summed E-state index contributed by atoms with van der Waals surface area (Å²) in [4.78, 5) is 0. The average molecular weight is 447 g/mol. The monoisotopic (exact) mass is 446 g/mol.